The van der Waals surface area contributed by atoms with E-state index in [1.165, 1.54) is 19.3 Å². The molecule has 2 aliphatic rings. The number of rotatable bonds is 2. The van der Waals surface area contributed by atoms with Crippen LogP contribution in [0.25, 0.3) is 0 Å². The topological polar surface area (TPSA) is 60.2 Å². The first kappa shape index (κ1) is 12.1. The average molecular weight is 251 g/mol. The Morgan fingerprint density at radius 1 is 1.50 bits per heavy atom. The highest BCUT2D eigenvalue weighted by atomic mass is 16.5. The molecule has 1 spiro atoms. The van der Waals surface area contributed by atoms with E-state index in [1.807, 2.05) is 10.9 Å². The first-order chi connectivity index (χ1) is 8.49. The summed E-state index contributed by atoms with van der Waals surface area (Å²) in [4.78, 5) is 0. The Kier molecular flexibility index (Phi) is 2.71. The summed E-state index contributed by atoms with van der Waals surface area (Å²) in [5.74, 6) is 0. The zero-order valence-corrected chi connectivity index (χ0v) is 11.1. The van der Waals surface area contributed by atoms with Crippen LogP contribution in [0, 0.1) is 0 Å². The minimum absolute atomic E-state index is 0.115. The van der Waals surface area contributed by atoms with Crippen molar-refractivity contribution >= 4 is 0 Å². The summed E-state index contributed by atoms with van der Waals surface area (Å²) in [6.45, 7) is 4.28. The lowest BCUT2D eigenvalue weighted by molar-refractivity contribution is -0.141. The molecule has 2 heterocycles. The Hall–Kier alpha value is -0.940. The van der Waals surface area contributed by atoms with Crippen LogP contribution in [0.4, 0.5) is 0 Å². The smallest absolute Gasteiger partial charge is 0.114 e. The van der Waals surface area contributed by atoms with Gasteiger partial charge in [0.2, 0.25) is 0 Å². The largest absolute Gasteiger partial charge is 0.384 e. The summed E-state index contributed by atoms with van der Waals surface area (Å²) in [7, 11) is 0. The van der Waals surface area contributed by atoms with Gasteiger partial charge in [-0.2, -0.15) is 0 Å². The van der Waals surface area contributed by atoms with Crippen LogP contribution in [0.15, 0.2) is 6.20 Å². The van der Waals surface area contributed by atoms with Gasteiger partial charge >= 0.3 is 0 Å². The molecule has 0 radical (unpaired) electrons. The van der Waals surface area contributed by atoms with Gasteiger partial charge in [0.15, 0.2) is 0 Å². The van der Waals surface area contributed by atoms with Gasteiger partial charge < -0.3 is 9.84 Å². The van der Waals surface area contributed by atoms with Gasteiger partial charge in [-0.1, -0.05) is 5.21 Å². The fraction of sp³-hybridized carbons (Fsp3) is 0.846. The fourth-order valence-corrected chi connectivity index (χ4v) is 2.88. The van der Waals surface area contributed by atoms with E-state index in [0.717, 1.165) is 19.4 Å². The van der Waals surface area contributed by atoms with Gasteiger partial charge in [-0.3, -0.25) is 0 Å². The fourth-order valence-electron chi connectivity index (χ4n) is 2.88. The maximum Gasteiger partial charge on any atom is 0.114 e. The Morgan fingerprint density at radius 3 is 2.83 bits per heavy atom. The van der Waals surface area contributed by atoms with E-state index >= 15 is 0 Å². The van der Waals surface area contributed by atoms with Crippen LogP contribution in [-0.4, -0.2) is 32.3 Å². The molecule has 1 aliphatic heterocycles. The molecule has 1 atom stereocenters. The monoisotopic (exact) mass is 251 g/mol. The summed E-state index contributed by atoms with van der Waals surface area (Å²) in [5.41, 5.74) is -0.168. The molecular formula is C13H21N3O2. The van der Waals surface area contributed by atoms with Gasteiger partial charge in [0, 0.05) is 6.61 Å². The highest BCUT2D eigenvalue weighted by Gasteiger charge is 2.43. The van der Waals surface area contributed by atoms with Crippen molar-refractivity contribution in [2.75, 3.05) is 6.61 Å². The Bertz CT molecular complexity index is 432. The zero-order valence-electron chi connectivity index (χ0n) is 11.1. The number of hydrogen-bond acceptors (Lipinski definition) is 4. The molecule has 1 aromatic rings. The molecule has 5 nitrogen and oxygen atoms in total. The van der Waals surface area contributed by atoms with E-state index in [2.05, 4.69) is 10.3 Å². The van der Waals surface area contributed by atoms with Gasteiger partial charge in [0.1, 0.15) is 11.3 Å². The van der Waals surface area contributed by atoms with E-state index in [1.54, 1.807) is 13.8 Å². The van der Waals surface area contributed by atoms with Crippen molar-refractivity contribution in [3.8, 4) is 0 Å². The number of aromatic nitrogens is 3. The highest BCUT2D eigenvalue weighted by molar-refractivity contribution is 5.04. The predicted octanol–water partition coefficient (Wildman–Crippen LogP) is 1.78. The molecule has 18 heavy (non-hydrogen) atoms. The lowest BCUT2D eigenvalue weighted by atomic mass is 9.74. The number of aliphatic hydroxyl groups is 1. The molecule has 0 bridgehead atoms. The second-order valence-corrected chi connectivity index (χ2v) is 6.17. The van der Waals surface area contributed by atoms with E-state index in [0.29, 0.717) is 11.7 Å². The summed E-state index contributed by atoms with van der Waals surface area (Å²) < 4.78 is 7.83. The maximum absolute atomic E-state index is 9.92. The van der Waals surface area contributed by atoms with Gasteiger partial charge in [-0.05, 0) is 46.0 Å². The molecular weight excluding hydrogens is 230 g/mol. The van der Waals surface area contributed by atoms with Crippen LogP contribution >= 0.6 is 0 Å². The normalized spacial score (nSPS) is 27.2. The van der Waals surface area contributed by atoms with Crippen LogP contribution in [0.2, 0.25) is 0 Å². The van der Waals surface area contributed by atoms with Crippen molar-refractivity contribution in [1.82, 2.24) is 15.0 Å². The van der Waals surface area contributed by atoms with Crippen LogP contribution in [-0.2, 0) is 10.3 Å². The Balaban J connectivity index is 1.76. The number of nitrogens with zero attached hydrogens (tertiary/aromatic N) is 3. The molecule has 0 aromatic carbocycles. The molecule has 1 unspecified atom stereocenters. The third-order valence-corrected chi connectivity index (χ3v) is 4.24. The Morgan fingerprint density at radius 2 is 2.28 bits per heavy atom. The van der Waals surface area contributed by atoms with Crippen molar-refractivity contribution in [2.45, 2.75) is 63.2 Å². The van der Waals surface area contributed by atoms with E-state index < -0.39 is 5.60 Å². The highest BCUT2D eigenvalue weighted by Crippen LogP contribution is 2.45. The molecule has 0 amide bonds. The molecule has 5 heteroatoms. The first-order valence-corrected chi connectivity index (χ1v) is 6.77. The van der Waals surface area contributed by atoms with E-state index in [-0.39, 0.29) is 5.60 Å². The molecule has 1 aromatic heterocycles. The molecule has 1 aliphatic carbocycles. The molecule has 1 saturated heterocycles. The average Bonchev–Trinajstić information content (AvgIpc) is 2.76. The third kappa shape index (κ3) is 2.06. The first-order valence-electron chi connectivity index (χ1n) is 6.77. The SMILES string of the molecule is CC(C)(O)c1cn(C2CCOC3(CCC3)C2)nn1. The number of hydrogen-bond donors (Lipinski definition) is 1. The van der Waals surface area contributed by atoms with Gasteiger partial charge in [-0.15, -0.1) is 5.10 Å². The second-order valence-electron chi connectivity index (χ2n) is 6.17. The maximum atomic E-state index is 9.92. The summed E-state index contributed by atoms with van der Waals surface area (Å²) >= 11 is 0. The summed E-state index contributed by atoms with van der Waals surface area (Å²) in [5, 5.41) is 18.2. The van der Waals surface area contributed by atoms with Crippen LogP contribution in [0.5, 0.6) is 0 Å². The molecule has 1 N–H and O–H groups in total. The van der Waals surface area contributed by atoms with Crippen molar-refractivity contribution in [3.63, 3.8) is 0 Å². The lowest BCUT2D eigenvalue weighted by Crippen LogP contribution is -2.46. The second kappa shape index (κ2) is 4.03. The molecule has 3 rings (SSSR count). The summed E-state index contributed by atoms with van der Waals surface area (Å²) in [6.07, 6.45) is 7.52. The zero-order chi connectivity index (χ0) is 12.8. The number of ether oxygens (including phenoxy) is 1. The predicted molar refractivity (Wildman–Crippen MR) is 66.1 cm³/mol. The van der Waals surface area contributed by atoms with Crippen LogP contribution in [0.3, 0.4) is 0 Å². The summed E-state index contributed by atoms with van der Waals surface area (Å²) in [6, 6.07) is 0.364. The minimum Gasteiger partial charge on any atom is -0.384 e. The van der Waals surface area contributed by atoms with Gasteiger partial charge in [-0.25, -0.2) is 4.68 Å². The van der Waals surface area contributed by atoms with Crippen molar-refractivity contribution < 1.29 is 9.84 Å². The van der Waals surface area contributed by atoms with Crippen LogP contribution in [0.1, 0.15) is 57.7 Å². The standard InChI is InChI=1S/C13H21N3O2/c1-12(2,17)11-9-16(15-14-11)10-4-7-18-13(8-10)5-3-6-13/h9-10,17H,3-8H2,1-2H3. The van der Waals surface area contributed by atoms with Crippen molar-refractivity contribution in [3.05, 3.63) is 11.9 Å². The molecule has 100 valence electrons. The van der Waals surface area contributed by atoms with Gasteiger partial charge in [0.25, 0.3) is 0 Å². The Labute approximate surface area is 107 Å². The van der Waals surface area contributed by atoms with Crippen molar-refractivity contribution in [2.24, 2.45) is 0 Å². The third-order valence-electron chi connectivity index (χ3n) is 4.24. The lowest BCUT2D eigenvalue weighted by Gasteiger charge is -2.47. The van der Waals surface area contributed by atoms with Gasteiger partial charge in [0.05, 0.1) is 17.8 Å². The molecule has 2 fully saturated rings. The van der Waals surface area contributed by atoms with E-state index in [9.17, 15) is 5.11 Å². The minimum atomic E-state index is -0.919. The van der Waals surface area contributed by atoms with Crippen LogP contribution < -0.4 is 0 Å². The van der Waals surface area contributed by atoms with E-state index in [4.69, 9.17) is 4.74 Å². The van der Waals surface area contributed by atoms with Crippen molar-refractivity contribution in [1.29, 1.82) is 0 Å². The quantitative estimate of drug-likeness (QED) is 0.870. The molecule has 1 saturated carbocycles.